The number of hydrogen-bond donors (Lipinski definition) is 1. The van der Waals surface area contributed by atoms with Gasteiger partial charge in [-0.05, 0) is 22.3 Å². The molecule has 3 rings (SSSR count). The van der Waals surface area contributed by atoms with Crippen LogP contribution in [-0.4, -0.2) is 19.7 Å². The Morgan fingerprint density at radius 1 is 1.06 bits per heavy atom. The highest BCUT2D eigenvalue weighted by atomic mass is 16.5. The van der Waals surface area contributed by atoms with Crippen molar-refractivity contribution in [1.29, 1.82) is 0 Å². The number of ether oxygens (including phenoxy) is 1. The maximum Gasteiger partial charge on any atom is 0.0955 e. The predicted molar refractivity (Wildman–Crippen MR) is 74.7 cm³/mol. The maximum absolute atomic E-state index is 6.05. The van der Waals surface area contributed by atoms with Crippen LogP contribution in [0.4, 0.5) is 0 Å². The zero-order chi connectivity index (χ0) is 12.4. The Hall–Kier alpha value is -1.38. The Kier molecular flexibility index (Phi) is 3.31. The van der Waals surface area contributed by atoms with Crippen molar-refractivity contribution < 1.29 is 4.74 Å². The van der Waals surface area contributed by atoms with Crippen LogP contribution in [0.2, 0.25) is 0 Å². The van der Waals surface area contributed by atoms with Gasteiger partial charge < -0.3 is 10.1 Å². The molecule has 2 aromatic carbocycles. The van der Waals surface area contributed by atoms with Crippen molar-refractivity contribution in [1.82, 2.24) is 5.32 Å². The summed E-state index contributed by atoms with van der Waals surface area (Å²) in [6.07, 6.45) is 0.168. The number of nitrogens with one attached hydrogen (secondary N) is 1. The van der Waals surface area contributed by atoms with Gasteiger partial charge in [0.15, 0.2) is 0 Å². The largest absolute Gasteiger partial charge is 0.372 e. The third-order valence-electron chi connectivity index (χ3n) is 3.57. The molecule has 1 aliphatic heterocycles. The molecule has 2 unspecified atom stereocenters. The van der Waals surface area contributed by atoms with E-state index in [2.05, 4.69) is 54.7 Å². The molecule has 0 bridgehead atoms. The van der Waals surface area contributed by atoms with E-state index in [4.69, 9.17) is 4.74 Å². The van der Waals surface area contributed by atoms with Crippen molar-refractivity contribution in [2.45, 2.75) is 13.0 Å². The standard InChI is InChI=1S/C16H19NO/c1-12-9-17-10-16(18-11-12)15-8-4-6-13-5-2-3-7-14(13)15/h2-8,12,16-17H,9-11H2,1H3. The number of benzene rings is 2. The van der Waals surface area contributed by atoms with E-state index in [0.29, 0.717) is 5.92 Å². The molecule has 0 radical (unpaired) electrons. The summed E-state index contributed by atoms with van der Waals surface area (Å²) in [6.45, 7) is 5.00. The molecule has 18 heavy (non-hydrogen) atoms. The van der Waals surface area contributed by atoms with Crippen LogP contribution < -0.4 is 5.32 Å². The molecule has 2 nitrogen and oxygen atoms in total. The molecule has 0 aromatic heterocycles. The van der Waals surface area contributed by atoms with Crippen LogP contribution in [0, 0.1) is 5.92 Å². The van der Waals surface area contributed by atoms with Crippen LogP contribution in [0.1, 0.15) is 18.6 Å². The van der Waals surface area contributed by atoms with E-state index in [1.807, 2.05) is 0 Å². The lowest BCUT2D eigenvalue weighted by Gasteiger charge is -2.17. The normalized spacial score (nSPS) is 24.9. The first-order valence-electron chi connectivity index (χ1n) is 6.64. The molecule has 1 fully saturated rings. The molecule has 2 heteroatoms. The molecule has 1 N–H and O–H groups in total. The van der Waals surface area contributed by atoms with Gasteiger partial charge in [-0.25, -0.2) is 0 Å². The molecule has 1 aliphatic rings. The first-order valence-corrected chi connectivity index (χ1v) is 6.64. The summed E-state index contributed by atoms with van der Waals surface area (Å²) < 4.78 is 6.05. The van der Waals surface area contributed by atoms with Gasteiger partial charge in [0.1, 0.15) is 0 Å². The molecule has 1 saturated heterocycles. The minimum Gasteiger partial charge on any atom is -0.372 e. The molecule has 0 aliphatic carbocycles. The van der Waals surface area contributed by atoms with Gasteiger partial charge in [0, 0.05) is 13.1 Å². The molecule has 2 atom stereocenters. The summed E-state index contributed by atoms with van der Waals surface area (Å²) in [7, 11) is 0. The van der Waals surface area contributed by atoms with Crippen molar-refractivity contribution in [2.75, 3.05) is 19.7 Å². The van der Waals surface area contributed by atoms with Gasteiger partial charge >= 0.3 is 0 Å². The predicted octanol–water partition coefficient (Wildman–Crippen LogP) is 3.14. The van der Waals surface area contributed by atoms with E-state index < -0.39 is 0 Å². The second-order valence-electron chi connectivity index (χ2n) is 5.15. The number of hydrogen-bond acceptors (Lipinski definition) is 2. The van der Waals surface area contributed by atoms with Crippen LogP contribution in [0.5, 0.6) is 0 Å². The molecule has 0 amide bonds. The van der Waals surface area contributed by atoms with E-state index in [-0.39, 0.29) is 6.10 Å². The minimum absolute atomic E-state index is 0.168. The SMILES string of the molecule is CC1CNCC(c2cccc3ccccc23)OC1. The van der Waals surface area contributed by atoms with Crippen molar-refractivity contribution >= 4 is 10.8 Å². The zero-order valence-corrected chi connectivity index (χ0v) is 10.7. The quantitative estimate of drug-likeness (QED) is 0.828. The smallest absolute Gasteiger partial charge is 0.0955 e. The highest BCUT2D eigenvalue weighted by Crippen LogP contribution is 2.27. The second kappa shape index (κ2) is 5.09. The van der Waals surface area contributed by atoms with Gasteiger partial charge in [0.05, 0.1) is 12.7 Å². The lowest BCUT2D eigenvalue weighted by Crippen LogP contribution is -2.22. The number of rotatable bonds is 1. The third-order valence-corrected chi connectivity index (χ3v) is 3.57. The fraction of sp³-hybridized carbons (Fsp3) is 0.375. The summed E-state index contributed by atoms with van der Waals surface area (Å²) in [5.74, 6) is 0.588. The van der Waals surface area contributed by atoms with Gasteiger partial charge in [-0.15, -0.1) is 0 Å². The minimum atomic E-state index is 0.168. The van der Waals surface area contributed by atoms with Crippen LogP contribution in [0.25, 0.3) is 10.8 Å². The molecule has 1 heterocycles. The lowest BCUT2D eigenvalue weighted by atomic mass is 10.0. The third kappa shape index (κ3) is 2.26. The van der Waals surface area contributed by atoms with Crippen LogP contribution in [0.3, 0.4) is 0 Å². The van der Waals surface area contributed by atoms with Crippen molar-refractivity contribution in [3.8, 4) is 0 Å². The molecule has 2 aromatic rings. The number of fused-ring (bicyclic) bond motifs is 1. The van der Waals surface area contributed by atoms with Crippen molar-refractivity contribution in [3.05, 3.63) is 48.0 Å². The Bertz CT molecular complexity index is 532. The van der Waals surface area contributed by atoms with Crippen LogP contribution in [0.15, 0.2) is 42.5 Å². The van der Waals surface area contributed by atoms with Gasteiger partial charge in [0.2, 0.25) is 0 Å². The van der Waals surface area contributed by atoms with Gasteiger partial charge in [-0.2, -0.15) is 0 Å². The van der Waals surface area contributed by atoms with E-state index in [9.17, 15) is 0 Å². The molecular formula is C16H19NO. The average Bonchev–Trinajstić information content (AvgIpc) is 2.63. The van der Waals surface area contributed by atoms with Crippen LogP contribution >= 0.6 is 0 Å². The lowest BCUT2D eigenvalue weighted by molar-refractivity contribution is 0.0524. The fourth-order valence-corrected chi connectivity index (χ4v) is 2.59. The first-order chi connectivity index (χ1) is 8.84. The summed E-state index contributed by atoms with van der Waals surface area (Å²) in [4.78, 5) is 0. The van der Waals surface area contributed by atoms with Gasteiger partial charge in [0.25, 0.3) is 0 Å². The molecular weight excluding hydrogens is 222 g/mol. The summed E-state index contributed by atoms with van der Waals surface area (Å²) >= 11 is 0. The average molecular weight is 241 g/mol. The monoisotopic (exact) mass is 241 g/mol. The Balaban J connectivity index is 1.98. The zero-order valence-electron chi connectivity index (χ0n) is 10.7. The first kappa shape index (κ1) is 11.7. The Labute approximate surface area is 108 Å². The van der Waals surface area contributed by atoms with Crippen molar-refractivity contribution in [3.63, 3.8) is 0 Å². The molecule has 0 spiro atoms. The van der Waals surface area contributed by atoms with E-state index >= 15 is 0 Å². The van der Waals surface area contributed by atoms with E-state index in [0.717, 1.165) is 19.7 Å². The summed E-state index contributed by atoms with van der Waals surface area (Å²) in [6, 6.07) is 15.0. The van der Waals surface area contributed by atoms with Crippen LogP contribution in [-0.2, 0) is 4.74 Å². The highest BCUT2D eigenvalue weighted by Gasteiger charge is 2.19. The molecule has 0 saturated carbocycles. The van der Waals surface area contributed by atoms with E-state index in [1.54, 1.807) is 0 Å². The Morgan fingerprint density at radius 2 is 1.89 bits per heavy atom. The summed E-state index contributed by atoms with van der Waals surface area (Å²) in [5, 5.41) is 6.08. The molecule has 94 valence electrons. The Morgan fingerprint density at radius 3 is 2.83 bits per heavy atom. The van der Waals surface area contributed by atoms with Gasteiger partial charge in [-0.3, -0.25) is 0 Å². The highest BCUT2D eigenvalue weighted by molar-refractivity contribution is 5.86. The topological polar surface area (TPSA) is 21.3 Å². The second-order valence-corrected chi connectivity index (χ2v) is 5.15. The summed E-state index contributed by atoms with van der Waals surface area (Å²) in [5.41, 5.74) is 1.30. The maximum atomic E-state index is 6.05. The fourth-order valence-electron chi connectivity index (χ4n) is 2.59. The van der Waals surface area contributed by atoms with Crippen molar-refractivity contribution in [2.24, 2.45) is 5.92 Å². The van der Waals surface area contributed by atoms with Gasteiger partial charge in [-0.1, -0.05) is 49.4 Å². The van der Waals surface area contributed by atoms with E-state index in [1.165, 1.54) is 16.3 Å².